The summed E-state index contributed by atoms with van der Waals surface area (Å²) in [6, 6.07) is 71.8. The molecule has 8 rings (SSSR count). The first-order valence-electron chi connectivity index (χ1n) is 16.3. The predicted molar refractivity (Wildman–Crippen MR) is 204 cm³/mol. The van der Waals surface area contributed by atoms with Crippen LogP contribution in [0.4, 0.5) is 0 Å². The molecule has 0 atom stereocenters. The third-order valence-corrected chi connectivity index (χ3v) is 13.6. The molecule has 0 unspecified atom stereocenters. The van der Waals surface area contributed by atoms with Crippen molar-refractivity contribution in [3.8, 4) is 11.1 Å². The van der Waals surface area contributed by atoms with E-state index in [2.05, 4.69) is 194 Å². The minimum absolute atomic E-state index is 0. The average molecular weight is 825 g/mol. The average Bonchev–Trinajstić information content (AvgIpc) is 3.16. The van der Waals surface area contributed by atoms with Crippen LogP contribution in [0, 0.1) is 10.2 Å². The first kappa shape index (κ1) is 37.6. The van der Waals surface area contributed by atoms with Crippen LogP contribution in [0.15, 0.2) is 194 Å². The number of benzene rings is 8. The van der Waals surface area contributed by atoms with Crippen molar-refractivity contribution in [2.24, 2.45) is 0 Å². The number of rotatable bonds is 7. The van der Waals surface area contributed by atoms with Gasteiger partial charge in [0.25, 0.3) is 0 Å². The summed E-state index contributed by atoms with van der Waals surface area (Å²) in [7, 11) is -6.65. The molecule has 0 saturated heterocycles. The van der Waals surface area contributed by atoms with Crippen LogP contribution in [-0.4, -0.2) is 0 Å². The van der Waals surface area contributed by atoms with Gasteiger partial charge >= 0.3 is 0 Å². The van der Waals surface area contributed by atoms with Gasteiger partial charge in [-0.2, -0.15) is 0 Å². The van der Waals surface area contributed by atoms with Crippen LogP contribution in [0.1, 0.15) is 0 Å². The fourth-order valence-electron chi connectivity index (χ4n) is 6.58. The van der Waals surface area contributed by atoms with Crippen LogP contribution in [0.5, 0.6) is 0 Å². The molecule has 0 heterocycles. The van der Waals surface area contributed by atoms with E-state index in [9.17, 15) is 0 Å². The van der Waals surface area contributed by atoms with Crippen LogP contribution < -0.4 is 50.5 Å². The molecule has 0 saturated carbocycles. The van der Waals surface area contributed by atoms with Crippen LogP contribution in [0.25, 0.3) is 32.7 Å². The van der Waals surface area contributed by atoms with Crippen LogP contribution in [0.2, 0.25) is 0 Å². The zero-order valence-corrected chi connectivity index (χ0v) is 31.9. The van der Waals surface area contributed by atoms with E-state index in [1.807, 2.05) is 0 Å². The van der Waals surface area contributed by atoms with Crippen LogP contribution >= 0.6 is 15.8 Å². The van der Waals surface area contributed by atoms with E-state index in [0.717, 1.165) is 0 Å². The standard InChI is InChI=1S/C44H32P2.ClHO4.Rh/c1-5-19-35(20-6-1)45(36-21-7-2-8-22-36)41-31-29-33-17-13-15-27-39(33)43(41)44-40-28-16-14-18-34(40)30-32-42(44)46(37-23-9-3-10-24-37)38-25-11-4-12-26-38;2-1(3,4)5;/h1-32H;(H,2,3,4,5);/p-1. The van der Waals surface area contributed by atoms with E-state index in [0.29, 0.717) is 0 Å². The zero-order valence-electron chi connectivity index (χ0n) is 27.7. The van der Waals surface area contributed by atoms with Gasteiger partial charge in [-0.15, -0.1) is 10.2 Å². The number of halogens is 1. The second-order valence-corrected chi connectivity index (χ2v) is 16.9. The molecular formula is C44H32ClO4P2Rh-. The maximum absolute atomic E-state index is 8.49. The molecule has 52 heavy (non-hydrogen) atoms. The maximum Gasteiger partial charge on any atom is 0 e. The first-order chi connectivity index (χ1) is 24.9. The largest absolute Gasteiger partial charge is 0.222 e. The van der Waals surface area contributed by atoms with Crippen molar-refractivity contribution in [2.45, 2.75) is 0 Å². The topological polar surface area (TPSA) is 92.2 Å². The van der Waals surface area contributed by atoms with E-state index in [4.69, 9.17) is 18.6 Å². The van der Waals surface area contributed by atoms with E-state index in [1.54, 1.807) is 0 Å². The second kappa shape index (κ2) is 17.1. The molecule has 0 aliphatic heterocycles. The minimum Gasteiger partial charge on any atom is -0.222 e. The van der Waals surface area contributed by atoms with Gasteiger partial charge in [-0.1, -0.05) is 194 Å². The molecule has 4 nitrogen and oxygen atoms in total. The molecule has 259 valence electrons. The molecule has 0 aromatic heterocycles. The SMILES string of the molecule is [O-][Cl+3]([O-])([O-])[O-].[Rh].c1ccc(P(c2ccccc2)c2ccc3ccccc3c2-c2c(P(c3ccccc3)c3ccccc3)ccc3ccccc23)cc1. The van der Waals surface area contributed by atoms with Crippen molar-refractivity contribution in [1.82, 2.24) is 0 Å². The van der Waals surface area contributed by atoms with Gasteiger partial charge in [0.15, 0.2) is 0 Å². The van der Waals surface area contributed by atoms with Crippen LogP contribution in [0.3, 0.4) is 0 Å². The third-order valence-electron chi connectivity index (χ3n) is 8.60. The van der Waals surface area contributed by atoms with Gasteiger partial charge in [-0.25, -0.2) is 18.6 Å². The quantitative estimate of drug-likeness (QED) is 0.176. The van der Waals surface area contributed by atoms with Gasteiger partial charge in [0.05, 0.1) is 0 Å². The normalized spacial score (nSPS) is 11.3. The fraction of sp³-hybridized carbons (Fsp3) is 0. The summed E-state index contributed by atoms with van der Waals surface area (Å²) in [6.07, 6.45) is 0. The molecule has 8 aromatic rings. The van der Waals surface area contributed by atoms with Gasteiger partial charge in [0.2, 0.25) is 0 Å². The molecule has 0 aliphatic rings. The Hall–Kier alpha value is -4.11. The molecule has 8 aromatic carbocycles. The first-order valence-corrected chi connectivity index (χ1v) is 20.2. The Morgan fingerprint density at radius 1 is 0.308 bits per heavy atom. The van der Waals surface area contributed by atoms with Gasteiger partial charge in [-0.05, 0) is 80.3 Å². The Morgan fingerprint density at radius 3 is 0.846 bits per heavy atom. The molecule has 8 heteroatoms. The van der Waals surface area contributed by atoms with E-state index in [1.165, 1.54) is 64.5 Å². The van der Waals surface area contributed by atoms with Crippen molar-refractivity contribution < 1.29 is 48.4 Å². The van der Waals surface area contributed by atoms with E-state index in [-0.39, 0.29) is 19.5 Å². The summed E-state index contributed by atoms with van der Waals surface area (Å²) < 4.78 is 34.0. The molecule has 0 spiro atoms. The summed E-state index contributed by atoms with van der Waals surface area (Å²) in [5.74, 6) is 0. The molecule has 0 fully saturated rings. The van der Waals surface area contributed by atoms with Gasteiger partial charge < -0.3 is 0 Å². The summed E-state index contributed by atoms with van der Waals surface area (Å²) in [5, 5.41) is 13.3. The van der Waals surface area contributed by atoms with Gasteiger partial charge in [0, 0.05) is 19.5 Å². The smallest absolute Gasteiger partial charge is 0 e. The van der Waals surface area contributed by atoms with Gasteiger partial charge in [0.1, 0.15) is 0 Å². The minimum atomic E-state index is -4.94. The van der Waals surface area contributed by atoms with Crippen molar-refractivity contribution in [3.05, 3.63) is 194 Å². The second-order valence-electron chi connectivity index (χ2n) is 11.8. The summed E-state index contributed by atoms with van der Waals surface area (Å²) >= 11 is 0. The number of hydrogen-bond acceptors (Lipinski definition) is 4. The Morgan fingerprint density at radius 2 is 0.558 bits per heavy atom. The summed E-state index contributed by atoms with van der Waals surface area (Å²) in [5.41, 5.74) is 2.70. The predicted octanol–water partition coefficient (Wildman–Crippen LogP) is 4.42. The van der Waals surface area contributed by atoms with Crippen molar-refractivity contribution in [3.63, 3.8) is 0 Å². The monoisotopic (exact) mass is 824 g/mol. The van der Waals surface area contributed by atoms with Crippen LogP contribution in [-0.2, 0) is 19.5 Å². The summed E-state index contributed by atoms with van der Waals surface area (Å²) in [6.45, 7) is 0. The molecule has 0 bridgehead atoms. The molecule has 1 radical (unpaired) electrons. The Balaban J connectivity index is 0.000000726. The Kier molecular flexibility index (Phi) is 12.4. The Labute approximate surface area is 321 Å². The van der Waals surface area contributed by atoms with E-state index < -0.39 is 26.1 Å². The Bertz CT molecular complexity index is 2130. The number of fused-ring (bicyclic) bond motifs is 2. The fourth-order valence-corrected chi connectivity index (χ4v) is 11.5. The zero-order chi connectivity index (χ0) is 35.2. The van der Waals surface area contributed by atoms with Crippen molar-refractivity contribution >= 4 is 69.2 Å². The van der Waals surface area contributed by atoms with Crippen molar-refractivity contribution in [1.29, 1.82) is 0 Å². The van der Waals surface area contributed by atoms with Gasteiger partial charge in [-0.3, -0.25) is 0 Å². The molecule has 0 N–H and O–H groups in total. The third kappa shape index (κ3) is 8.57. The molecule has 0 amide bonds. The maximum atomic E-state index is 8.49. The van der Waals surface area contributed by atoms with E-state index >= 15 is 0 Å². The van der Waals surface area contributed by atoms with Crippen molar-refractivity contribution in [2.75, 3.05) is 0 Å². The number of hydrogen-bond donors (Lipinski definition) is 0. The molecule has 0 aliphatic carbocycles. The summed E-state index contributed by atoms with van der Waals surface area (Å²) in [4.78, 5) is 0. The molecular weight excluding hydrogens is 793 g/mol.